The van der Waals surface area contributed by atoms with Gasteiger partial charge in [-0.25, -0.2) is 0 Å². The van der Waals surface area contributed by atoms with E-state index >= 15 is 0 Å². The van der Waals surface area contributed by atoms with E-state index in [2.05, 4.69) is 40.3 Å². The van der Waals surface area contributed by atoms with Crippen LogP contribution in [-0.2, 0) is 4.74 Å². The molecule has 0 aromatic heterocycles. The highest BCUT2D eigenvalue weighted by atomic mass is 16.5. The first-order valence-electron chi connectivity index (χ1n) is 5.78. The summed E-state index contributed by atoms with van der Waals surface area (Å²) in [7, 11) is 1.74. The topological polar surface area (TPSA) is 9.23 Å². The Labute approximate surface area is 95.2 Å². The van der Waals surface area contributed by atoms with Gasteiger partial charge in [0.15, 0.2) is 0 Å². The van der Waals surface area contributed by atoms with E-state index < -0.39 is 0 Å². The molecule has 0 radical (unpaired) electrons. The zero-order valence-corrected chi connectivity index (χ0v) is 11.0. The lowest BCUT2D eigenvalue weighted by atomic mass is 9.97. The third kappa shape index (κ3) is 6.51. The predicted octanol–water partition coefficient (Wildman–Crippen LogP) is 4.35. The Hall–Kier alpha value is -0.560. The number of allylic oxidation sites excluding steroid dienone is 2. The van der Waals surface area contributed by atoms with Crippen LogP contribution in [0, 0.1) is 5.92 Å². The second-order valence-corrected chi connectivity index (χ2v) is 4.91. The lowest BCUT2D eigenvalue weighted by Crippen LogP contribution is -2.23. The van der Waals surface area contributed by atoms with Gasteiger partial charge < -0.3 is 4.74 Å². The van der Waals surface area contributed by atoms with Crippen LogP contribution in [0.1, 0.15) is 47.0 Å². The van der Waals surface area contributed by atoms with Crippen LogP contribution in [0.15, 0.2) is 24.3 Å². The second-order valence-electron chi connectivity index (χ2n) is 4.91. The summed E-state index contributed by atoms with van der Waals surface area (Å²) in [5.74, 6) is 0.745. The number of ether oxygens (including phenoxy) is 1. The van der Waals surface area contributed by atoms with Crippen molar-refractivity contribution in [1.82, 2.24) is 0 Å². The van der Waals surface area contributed by atoms with Gasteiger partial charge in [0.05, 0.1) is 5.60 Å². The predicted molar refractivity (Wildman–Crippen MR) is 68.1 cm³/mol. The van der Waals surface area contributed by atoms with Gasteiger partial charge in [-0.3, -0.25) is 0 Å². The van der Waals surface area contributed by atoms with E-state index in [1.165, 1.54) is 12.0 Å². The molecule has 0 N–H and O–H groups in total. The van der Waals surface area contributed by atoms with Gasteiger partial charge in [-0.05, 0) is 39.0 Å². The maximum Gasteiger partial charge on any atom is 0.0831 e. The minimum Gasteiger partial charge on any atom is -0.374 e. The molecule has 0 aliphatic heterocycles. The van der Waals surface area contributed by atoms with Crippen molar-refractivity contribution in [2.45, 2.75) is 52.6 Å². The van der Waals surface area contributed by atoms with Crippen LogP contribution in [-0.4, -0.2) is 12.7 Å². The maximum atomic E-state index is 5.40. The van der Waals surface area contributed by atoms with E-state index in [-0.39, 0.29) is 5.60 Å². The Balaban J connectivity index is 4.00. The van der Waals surface area contributed by atoms with Crippen molar-refractivity contribution in [2.24, 2.45) is 5.92 Å². The van der Waals surface area contributed by atoms with Crippen molar-refractivity contribution in [3.05, 3.63) is 24.3 Å². The first-order chi connectivity index (χ1) is 6.93. The lowest BCUT2D eigenvalue weighted by Gasteiger charge is -2.23. The molecule has 88 valence electrons. The molecule has 1 heteroatoms. The Bertz CT molecular complexity index is 215. The molecule has 0 heterocycles. The summed E-state index contributed by atoms with van der Waals surface area (Å²) >= 11 is 0. The highest BCUT2D eigenvalue weighted by Crippen LogP contribution is 2.19. The molecular weight excluding hydrogens is 184 g/mol. The van der Waals surface area contributed by atoms with Crippen LogP contribution >= 0.6 is 0 Å². The summed E-state index contributed by atoms with van der Waals surface area (Å²) in [6, 6.07) is 0. The van der Waals surface area contributed by atoms with Crippen LogP contribution in [0.5, 0.6) is 0 Å². The van der Waals surface area contributed by atoms with E-state index in [0.29, 0.717) is 0 Å². The third-order valence-corrected chi connectivity index (χ3v) is 2.76. The molecule has 1 unspecified atom stereocenters. The van der Waals surface area contributed by atoms with E-state index in [1.807, 2.05) is 6.08 Å². The Morgan fingerprint density at radius 2 is 2.07 bits per heavy atom. The monoisotopic (exact) mass is 210 g/mol. The molecule has 1 atom stereocenters. The SMILES string of the molecule is C=CC(C)(CC/C=C(\C)CC(C)C)OC. The lowest BCUT2D eigenvalue weighted by molar-refractivity contribution is 0.0425. The smallest absolute Gasteiger partial charge is 0.0831 e. The summed E-state index contributed by atoms with van der Waals surface area (Å²) in [5.41, 5.74) is 1.31. The molecule has 0 saturated carbocycles. The molecule has 1 nitrogen and oxygen atoms in total. The summed E-state index contributed by atoms with van der Waals surface area (Å²) in [4.78, 5) is 0. The van der Waals surface area contributed by atoms with Crippen molar-refractivity contribution in [1.29, 1.82) is 0 Å². The van der Waals surface area contributed by atoms with Crippen LogP contribution in [0.25, 0.3) is 0 Å². The zero-order chi connectivity index (χ0) is 11.9. The number of hydrogen-bond donors (Lipinski definition) is 0. The molecule has 0 aromatic rings. The largest absolute Gasteiger partial charge is 0.374 e. The fourth-order valence-electron chi connectivity index (χ4n) is 1.62. The summed E-state index contributed by atoms with van der Waals surface area (Å²) in [6.07, 6.45) is 7.47. The summed E-state index contributed by atoms with van der Waals surface area (Å²) < 4.78 is 5.40. The second kappa shape index (κ2) is 6.84. The molecule has 15 heavy (non-hydrogen) atoms. The fourth-order valence-corrected chi connectivity index (χ4v) is 1.62. The quantitative estimate of drug-likeness (QED) is 0.568. The van der Waals surface area contributed by atoms with Crippen molar-refractivity contribution in [3.8, 4) is 0 Å². The van der Waals surface area contributed by atoms with Gasteiger partial charge in [0.2, 0.25) is 0 Å². The standard InChI is InChI=1S/C14H26O/c1-7-14(5,15-6)10-8-9-13(4)11-12(2)3/h7,9,12H,1,8,10-11H2,2-6H3/b13-9+. The number of methoxy groups -OCH3 is 1. The van der Waals surface area contributed by atoms with Crippen LogP contribution in [0.3, 0.4) is 0 Å². The van der Waals surface area contributed by atoms with Gasteiger partial charge in [0, 0.05) is 7.11 Å². The van der Waals surface area contributed by atoms with Crippen LogP contribution in [0.2, 0.25) is 0 Å². The highest BCUT2D eigenvalue weighted by Gasteiger charge is 2.17. The molecule has 0 aliphatic rings. The Kier molecular flexibility index (Phi) is 6.58. The Morgan fingerprint density at radius 1 is 1.47 bits per heavy atom. The molecule has 0 bridgehead atoms. The summed E-state index contributed by atoms with van der Waals surface area (Å²) in [6.45, 7) is 12.6. The normalized spacial score (nSPS) is 16.5. The number of rotatable bonds is 7. The molecule has 0 aliphatic carbocycles. The van der Waals surface area contributed by atoms with Crippen molar-refractivity contribution < 1.29 is 4.74 Å². The van der Waals surface area contributed by atoms with E-state index in [9.17, 15) is 0 Å². The minimum absolute atomic E-state index is 0.172. The maximum absolute atomic E-state index is 5.40. The first-order valence-corrected chi connectivity index (χ1v) is 5.78. The van der Waals surface area contributed by atoms with E-state index in [4.69, 9.17) is 4.74 Å². The van der Waals surface area contributed by atoms with Gasteiger partial charge in [0.25, 0.3) is 0 Å². The molecule has 0 aromatic carbocycles. The average molecular weight is 210 g/mol. The molecule has 0 rings (SSSR count). The van der Waals surface area contributed by atoms with E-state index in [1.54, 1.807) is 7.11 Å². The van der Waals surface area contributed by atoms with Gasteiger partial charge in [-0.15, -0.1) is 6.58 Å². The molecule has 0 saturated heterocycles. The van der Waals surface area contributed by atoms with Gasteiger partial charge in [0.1, 0.15) is 0 Å². The summed E-state index contributed by atoms with van der Waals surface area (Å²) in [5, 5.41) is 0. The van der Waals surface area contributed by atoms with Crippen molar-refractivity contribution in [2.75, 3.05) is 7.11 Å². The van der Waals surface area contributed by atoms with Gasteiger partial charge >= 0.3 is 0 Å². The van der Waals surface area contributed by atoms with Gasteiger partial charge in [-0.2, -0.15) is 0 Å². The first kappa shape index (κ1) is 14.4. The molecule has 0 amide bonds. The molecular formula is C14H26O. The van der Waals surface area contributed by atoms with Crippen molar-refractivity contribution in [3.63, 3.8) is 0 Å². The Morgan fingerprint density at radius 3 is 2.47 bits per heavy atom. The third-order valence-electron chi connectivity index (χ3n) is 2.76. The fraction of sp³-hybridized carbons (Fsp3) is 0.714. The highest BCUT2D eigenvalue weighted by molar-refractivity contribution is 5.01. The number of hydrogen-bond acceptors (Lipinski definition) is 1. The molecule has 0 fully saturated rings. The minimum atomic E-state index is -0.172. The van der Waals surface area contributed by atoms with E-state index in [0.717, 1.165) is 18.8 Å². The van der Waals surface area contributed by atoms with Crippen molar-refractivity contribution >= 4 is 0 Å². The average Bonchev–Trinajstić information content (AvgIpc) is 2.16. The van der Waals surface area contributed by atoms with Gasteiger partial charge in [-0.1, -0.05) is 31.6 Å². The molecule has 0 spiro atoms. The van der Waals surface area contributed by atoms with Crippen LogP contribution in [0.4, 0.5) is 0 Å². The van der Waals surface area contributed by atoms with Crippen LogP contribution < -0.4 is 0 Å². The zero-order valence-electron chi connectivity index (χ0n) is 11.0.